The third kappa shape index (κ3) is 2.80. The Labute approximate surface area is 117 Å². The highest BCUT2D eigenvalue weighted by Gasteiger charge is 2.21. The van der Waals surface area contributed by atoms with Gasteiger partial charge >= 0.3 is 0 Å². The minimum atomic E-state index is -0.290. The zero-order valence-corrected chi connectivity index (χ0v) is 12.2. The van der Waals surface area contributed by atoms with E-state index in [1.807, 2.05) is 26.0 Å². The topological polar surface area (TPSA) is 21.3 Å². The standard InChI is InChI=1S/C15H18FNOS/c1-4-17-15(12-9-19-8-10(12)2)11-6-5-7-13(18-3)14(11)16/h5-9,15,17H,4H2,1-3H3. The molecule has 0 saturated heterocycles. The lowest BCUT2D eigenvalue weighted by molar-refractivity contribution is 0.381. The summed E-state index contributed by atoms with van der Waals surface area (Å²) in [6.07, 6.45) is 0. The van der Waals surface area contributed by atoms with Gasteiger partial charge in [0.1, 0.15) is 0 Å². The highest BCUT2D eigenvalue weighted by molar-refractivity contribution is 7.08. The Morgan fingerprint density at radius 2 is 2.11 bits per heavy atom. The molecule has 1 aromatic heterocycles. The SMILES string of the molecule is CCNC(c1cscc1C)c1cccc(OC)c1F. The summed E-state index contributed by atoms with van der Waals surface area (Å²) in [7, 11) is 1.49. The van der Waals surface area contributed by atoms with E-state index in [1.54, 1.807) is 17.4 Å². The van der Waals surface area contributed by atoms with Crippen LogP contribution >= 0.6 is 11.3 Å². The second kappa shape index (κ2) is 6.17. The third-order valence-corrected chi connectivity index (χ3v) is 4.02. The average Bonchev–Trinajstić information content (AvgIpc) is 2.83. The molecule has 1 N–H and O–H groups in total. The second-order valence-corrected chi connectivity index (χ2v) is 5.11. The molecule has 2 nitrogen and oxygen atoms in total. The number of halogens is 1. The Balaban J connectivity index is 2.48. The number of hydrogen-bond donors (Lipinski definition) is 1. The highest BCUT2D eigenvalue weighted by Crippen LogP contribution is 2.32. The number of ether oxygens (including phenoxy) is 1. The van der Waals surface area contributed by atoms with Gasteiger partial charge < -0.3 is 10.1 Å². The predicted octanol–water partition coefficient (Wildman–Crippen LogP) is 3.90. The molecule has 2 rings (SSSR count). The smallest absolute Gasteiger partial charge is 0.170 e. The van der Waals surface area contributed by atoms with Gasteiger partial charge in [0, 0.05) is 5.56 Å². The zero-order chi connectivity index (χ0) is 13.8. The van der Waals surface area contributed by atoms with Gasteiger partial charge in [0.05, 0.1) is 13.2 Å². The van der Waals surface area contributed by atoms with Crippen molar-refractivity contribution in [3.05, 3.63) is 51.5 Å². The number of nitrogens with one attached hydrogen (secondary N) is 1. The van der Waals surface area contributed by atoms with E-state index in [0.717, 1.165) is 12.1 Å². The van der Waals surface area contributed by atoms with Gasteiger partial charge in [-0.15, -0.1) is 0 Å². The molecular formula is C15H18FNOS. The Hall–Kier alpha value is -1.39. The minimum absolute atomic E-state index is 0.133. The van der Waals surface area contributed by atoms with E-state index in [2.05, 4.69) is 16.1 Å². The molecule has 0 amide bonds. The van der Waals surface area contributed by atoms with Gasteiger partial charge in [0.2, 0.25) is 0 Å². The molecule has 1 aromatic carbocycles. The van der Waals surface area contributed by atoms with Crippen molar-refractivity contribution in [1.29, 1.82) is 0 Å². The van der Waals surface area contributed by atoms with Crippen molar-refractivity contribution < 1.29 is 9.13 Å². The van der Waals surface area contributed by atoms with E-state index in [9.17, 15) is 4.39 Å². The molecular weight excluding hydrogens is 261 g/mol. The van der Waals surface area contributed by atoms with E-state index in [0.29, 0.717) is 5.56 Å². The summed E-state index contributed by atoms with van der Waals surface area (Å²) < 4.78 is 19.5. The quantitative estimate of drug-likeness (QED) is 0.896. The van der Waals surface area contributed by atoms with Crippen LogP contribution in [0, 0.1) is 12.7 Å². The Kier molecular flexibility index (Phi) is 4.56. The van der Waals surface area contributed by atoms with E-state index in [4.69, 9.17) is 4.74 Å². The molecule has 0 aliphatic rings. The van der Waals surface area contributed by atoms with Crippen molar-refractivity contribution in [3.8, 4) is 5.75 Å². The lowest BCUT2D eigenvalue weighted by Gasteiger charge is -2.20. The summed E-state index contributed by atoms with van der Waals surface area (Å²) in [5.74, 6) is -0.00478. The molecule has 0 saturated carbocycles. The van der Waals surface area contributed by atoms with Gasteiger partial charge in [-0.2, -0.15) is 11.3 Å². The molecule has 102 valence electrons. The predicted molar refractivity (Wildman–Crippen MR) is 77.5 cm³/mol. The van der Waals surface area contributed by atoms with Crippen LogP contribution < -0.4 is 10.1 Å². The first-order valence-electron chi connectivity index (χ1n) is 6.27. The number of aryl methyl sites for hydroxylation is 1. The van der Waals surface area contributed by atoms with Crippen LogP contribution in [0.15, 0.2) is 29.0 Å². The van der Waals surface area contributed by atoms with Gasteiger partial charge in [-0.3, -0.25) is 0 Å². The van der Waals surface area contributed by atoms with E-state index in [1.165, 1.54) is 12.7 Å². The van der Waals surface area contributed by atoms with Crippen LogP contribution in [0.25, 0.3) is 0 Å². The zero-order valence-electron chi connectivity index (χ0n) is 11.4. The fraction of sp³-hybridized carbons (Fsp3) is 0.333. The number of thiophene rings is 1. The van der Waals surface area contributed by atoms with Crippen LogP contribution in [0.2, 0.25) is 0 Å². The third-order valence-electron chi connectivity index (χ3n) is 3.14. The van der Waals surface area contributed by atoms with Crippen LogP contribution in [-0.2, 0) is 0 Å². The van der Waals surface area contributed by atoms with Crippen LogP contribution in [-0.4, -0.2) is 13.7 Å². The van der Waals surface area contributed by atoms with Crippen LogP contribution in [0.1, 0.15) is 29.7 Å². The maximum Gasteiger partial charge on any atom is 0.170 e. The fourth-order valence-corrected chi connectivity index (χ4v) is 3.04. The maximum absolute atomic E-state index is 14.4. The maximum atomic E-state index is 14.4. The molecule has 0 aliphatic heterocycles. The van der Waals surface area contributed by atoms with Crippen molar-refractivity contribution in [2.24, 2.45) is 0 Å². The van der Waals surface area contributed by atoms with E-state index >= 15 is 0 Å². The molecule has 19 heavy (non-hydrogen) atoms. The van der Waals surface area contributed by atoms with E-state index < -0.39 is 0 Å². The van der Waals surface area contributed by atoms with Crippen molar-refractivity contribution in [3.63, 3.8) is 0 Å². The first-order chi connectivity index (χ1) is 9.19. The summed E-state index contributed by atoms with van der Waals surface area (Å²) in [6, 6.07) is 5.14. The van der Waals surface area contributed by atoms with Gasteiger partial charge in [-0.05, 0) is 41.4 Å². The van der Waals surface area contributed by atoms with Gasteiger partial charge in [0.25, 0.3) is 0 Å². The summed E-state index contributed by atoms with van der Waals surface area (Å²) in [5, 5.41) is 7.50. The molecule has 0 radical (unpaired) electrons. The van der Waals surface area contributed by atoms with Crippen molar-refractivity contribution in [2.75, 3.05) is 13.7 Å². The lowest BCUT2D eigenvalue weighted by atomic mass is 9.97. The fourth-order valence-electron chi connectivity index (χ4n) is 2.17. The second-order valence-electron chi connectivity index (χ2n) is 4.36. The molecule has 0 bridgehead atoms. The van der Waals surface area contributed by atoms with Crippen molar-refractivity contribution in [1.82, 2.24) is 5.32 Å². The molecule has 0 spiro atoms. The van der Waals surface area contributed by atoms with Gasteiger partial charge in [-0.1, -0.05) is 19.1 Å². The molecule has 2 aromatic rings. The molecule has 0 aliphatic carbocycles. The van der Waals surface area contributed by atoms with Crippen LogP contribution in [0.5, 0.6) is 5.75 Å². The van der Waals surface area contributed by atoms with Gasteiger partial charge in [0.15, 0.2) is 11.6 Å². The average molecular weight is 279 g/mol. The molecule has 0 fully saturated rings. The van der Waals surface area contributed by atoms with Crippen molar-refractivity contribution >= 4 is 11.3 Å². The Morgan fingerprint density at radius 1 is 1.32 bits per heavy atom. The monoisotopic (exact) mass is 279 g/mol. The molecule has 4 heteroatoms. The first-order valence-corrected chi connectivity index (χ1v) is 7.21. The normalized spacial score (nSPS) is 12.4. The summed E-state index contributed by atoms with van der Waals surface area (Å²) in [6.45, 7) is 4.84. The minimum Gasteiger partial charge on any atom is -0.494 e. The molecule has 1 heterocycles. The summed E-state index contributed by atoms with van der Waals surface area (Å²) in [5.41, 5.74) is 2.93. The first kappa shape index (κ1) is 14.0. The lowest BCUT2D eigenvalue weighted by Crippen LogP contribution is -2.23. The number of methoxy groups -OCH3 is 1. The number of hydrogen-bond acceptors (Lipinski definition) is 3. The van der Waals surface area contributed by atoms with Crippen LogP contribution in [0.4, 0.5) is 4.39 Å². The number of benzene rings is 1. The van der Waals surface area contributed by atoms with E-state index in [-0.39, 0.29) is 17.6 Å². The summed E-state index contributed by atoms with van der Waals surface area (Å²) in [4.78, 5) is 0. The summed E-state index contributed by atoms with van der Waals surface area (Å²) >= 11 is 1.64. The number of rotatable bonds is 5. The van der Waals surface area contributed by atoms with Crippen molar-refractivity contribution in [2.45, 2.75) is 19.9 Å². The Morgan fingerprint density at radius 3 is 2.68 bits per heavy atom. The Bertz CT molecular complexity index is 553. The van der Waals surface area contributed by atoms with Crippen LogP contribution in [0.3, 0.4) is 0 Å². The highest BCUT2D eigenvalue weighted by atomic mass is 32.1. The largest absolute Gasteiger partial charge is 0.494 e. The molecule has 1 atom stereocenters. The molecule has 1 unspecified atom stereocenters. The van der Waals surface area contributed by atoms with Gasteiger partial charge in [-0.25, -0.2) is 4.39 Å².